The van der Waals surface area contributed by atoms with Crippen LogP contribution in [-0.2, 0) is 19.6 Å². The molecule has 0 spiro atoms. The first kappa shape index (κ1) is 18.9. The van der Waals surface area contributed by atoms with Crippen molar-refractivity contribution >= 4 is 38.5 Å². The number of carbonyl (C=O) groups is 2. The highest BCUT2D eigenvalue weighted by molar-refractivity contribution is 7.90. The average Bonchev–Trinajstić information content (AvgIpc) is 3.25. The lowest BCUT2D eigenvalue weighted by molar-refractivity contribution is -0.143. The molecule has 1 atom stereocenters. The number of ketones is 1. The van der Waals surface area contributed by atoms with Crippen molar-refractivity contribution in [2.45, 2.75) is 17.9 Å². The molecule has 0 unspecified atom stereocenters. The Morgan fingerprint density at radius 3 is 2.66 bits per heavy atom. The molecule has 1 aromatic heterocycles. The van der Waals surface area contributed by atoms with Gasteiger partial charge in [0.15, 0.2) is 6.61 Å². The summed E-state index contributed by atoms with van der Waals surface area (Å²) in [5.41, 5.74) is 1.64. The zero-order valence-corrected chi connectivity index (χ0v) is 16.2. The van der Waals surface area contributed by atoms with Gasteiger partial charge in [0.1, 0.15) is 11.9 Å². The summed E-state index contributed by atoms with van der Waals surface area (Å²) < 4.78 is 31.7. The van der Waals surface area contributed by atoms with Gasteiger partial charge in [-0.3, -0.25) is 14.5 Å². The van der Waals surface area contributed by atoms with Crippen molar-refractivity contribution in [2.75, 3.05) is 6.61 Å². The van der Waals surface area contributed by atoms with Crippen LogP contribution >= 0.6 is 0 Å². The van der Waals surface area contributed by atoms with E-state index in [1.54, 1.807) is 30.5 Å². The molecule has 8 nitrogen and oxygen atoms in total. The maximum Gasteiger partial charge on any atom is 0.331 e. The molecule has 29 heavy (non-hydrogen) atoms. The van der Waals surface area contributed by atoms with Gasteiger partial charge >= 0.3 is 5.97 Å². The van der Waals surface area contributed by atoms with Crippen molar-refractivity contribution in [3.8, 4) is 0 Å². The van der Waals surface area contributed by atoms with E-state index in [4.69, 9.17) is 4.74 Å². The first-order valence-corrected chi connectivity index (χ1v) is 10.3. The van der Waals surface area contributed by atoms with Gasteiger partial charge in [-0.15, -0.1) is 0 Å². The summed E-state index contributed by atoms with van der Waals surface area (Å²) in [7, 11) is -3.69. The number of aromatic nitrogens is 1. The Kier molecular flexibility index (Phi) is 4.67. The lowest BCUT2D eigenvalue weighted by Gasteiger charge is -2.08. The van der Waals surface area contributed by atoms with Gasteiger partial charge in [0.25, 0.3) is 10.0 Å². The summed E-state index contributed by atoms with van der Waals surface area (Å²) in [5, 5.41) is 0.749. The van der Waals surface area contributed by atoms with Gasteiger partial charge in [0.2, 0.25) is 5.78 Å². The van der Waals surface area contributed by atoms with Crippen LogP contribution in [0.3, 0.4) is 0 Å². The topological polar surface area (TPSA) is 118 Å². The number of nitrogens with one attached hydrogen (secondary N) is 2. The maximum atomic E-state index is 12.4. The smallest absolute Gasteiger partial charge is 0.331 e. The van der Waals surface area contributed by atoms with Gasteiger partial charge in [-0.2, -0.15) is 0 Å². The molecule has 1 aliphatic heterocycles. The molecule has 148 valence electrons. The summed E-state index contributed by atoms with van der Waals surface area (Å²) in [5.74, 6) is -0.996. The summed E-state index contributed by atoms with van der Waals surface area (Å²) >= 11 is 0. The van der Waals surface area contributed by atoms with Crippen molar-refractivity contribution in [3.63, 3.8) is 0 Å². The Hall–Kier alpha value is -3.46. The molecular formula is C20H17N3O5S. The van der Waals surface area contributed by atoms with Crippen molar-refractivity contribution in [3.05, 3.63) is 65.9 Å². The van der Waals surface area contributed by atoms with Gasteiger partial charge < -0.3 is 9.72 Å². The molecule has 2 N–H and O–H groups in total. The third-order valence-corrected chi connectivity index (χ3v) is 5.96. The number of aromatic amines is 1. The monoisotopic (exact) mass is 411 g/mol. The number of sulfonamides is 1. The minimum atomic E-state index is -3.69. The number of ether oxygens (including phenoxy) is 1. The molecule has 2 heterocycles. The van der Waals surface area contributed by atoms with E-state index in [9.17, 15) is 18.0 Å². The number of esters is 1. The Balaban J connectivity index is 1.45. The van der Waals surface area contributed by atoms with Crippen molar-refractivity contribution in [2.24, 2.45) is 4.99 Å². The van der Waals surface area contributed by atoms with Crippen molar-refractivity contribution in [1.82, 2.24) is 9.71 Å². The number of Topliss-reactive ketones (excluding diaryl/α,β-unsaturated/α-hetero) is 1. The van der Waals surface area contributed by atoms with E-state index in [1.807, 2.05) is 18.2 Å². The molecule has 1 aliphatic rings. The second-order valence-corrected chi connectivity index (χ2v) is 8.18. The highest BCUT2D eigenvalue weighted by atomic mass is 32.2. The number of rotatable bonds is 5. The molecular weight excluding hydrogens is 394 g/mol. The molecule has 0 radical (unpaired) electrons. The third-order valence-electron chi connectivity index (χ3n) is 4.56. The molecule has 0 aliphatic carbocycles. The molecule has 4 rings (SSSR count). The van der Waals surface area contributed by atoms with Crippen LogP contribution in [0, 0.1) is 0 Å². The van der Waals surface area contributed by atoms with Crippen LogP contribution in [0.5, 0.6) is 0 Å². The van der Waals surface area contributed by atoms with Crippen LogP contribution in [0.1, 0.15) is 22.8 Å². The number of nitrogens with zero attached hydrogens (tertiary/aromatic N) is 1. The highest BCUT2D eigenvalue weighted by Crippen LogP contribution is 2.23. The fourth-order valence-corrected chi connectivity index (χ4v) is 4.35. The summed E-state index contributed by atoms with van der Waals surface area (Å²) in [4.78, 5) is 31.9. The Morgan fingerprint density at radius 2 is 1.83 bits per heavy atom. The number of carbonyl (C=O) groups excluding carboxylic acids is 2. The zero-order valence-electron chi connectivity index (χ0n) is 15.4. The van der Waals surface area contributed by atoms with Crippen LogP contribution in [0.25, 0.3) is 10.9 Å². The van der Waals surface area contributed by atoms with E-state index in [2.05, 4.69) is 14.7 Å². The van der Waals surface area contributed by atoms with Crippen LogP contribution in [0.15, 0.2) is 64.6 Å². The molecule has 0 amide bonds. The van der Waals surface area contributed by atoms with Gasteiger partial charge in [-0.25, -0.2) is 13.2 Å². The molecule has 0 saturated carbocycles. The van der Waals surface area contributed by atoms with Gasteiger partial charge in [0, 0.05) is 28.2 Å². The molecule has 2 aromatic carbocycles. The molecule has 9 heteroatoms. The van der Waals surface area contributed by atoms with Crippen LogP contribution in [0.2, 0.25) is 0 Å². The Bertz CT molecular complexity index is 1260. The van der Waals surface area contributed by atoms with Crippen LogP contribution in [-0.4, -0.2) is 43.6 Å². The Labute approximate surface area is 166 Å². The third kappa shape index (κ3) is 3.52. The number of para-hydroxylation sites is 1. The quantitative estimate of drug-likeness (QED) is 0.492. The van der Waals surface area contributed by atoms with Crippen LogP contribution < -0.4 is 4.72 Å². The minimum Gasteiger partial charge on any atom is -0.456 e. The SMILES string of the molecule is C[C@H](N=C1NS(=O)(=O)c2ccccc21)C(=O)OCC(=O)c1c[nH]c2ccccc12. The van der Waals surface area contributed by atoms with E-state index in [0.29, 0.717) is 11.1 Å². The molecule has 0 fully saturated rings. The number of fused-ring (bicyclic) bond motifs is 2. The Morgan fingerprint density at radius 1 is 1.10 bits per heavy atom. The summed E-state index contributed by atoms with van der Waals surface area (Å²) in [6.45, 7) is 1.04. The fourth-order valence-electron chi connectivity index (χ4n) is 3.11. The van der Waals surface area contributed by atoms with E-state index in [0.717, 1.165) is 10.9 Å². The highest BCUT2D eigenvalue weighted by Gasteiger charge is 2.31. The number of aliphatic imine (C=N–C) groups is 1. The minimum absolute atomic E-state index is 0.0769. The molecule has 0 bridgehead atoms. The number of H-pyrrole nitrogens is 1. The van der Waals surface area contributed by atoms with E-state index >= 15 is 0 Å². The summed E-state index contributed by atoms with van der Waals surface area (Å²) in [6.07, 6.45) is 1.58. The molecule has 3 aromatic rings. The van der Waals surface area contributed by atoms with Crippen LogP contribution in [0.4, 0.5) is 0 Å². The lowest BCUT2D eigenvalue weighted by Crippen LogP contribution is -2.27. The van der Waals surface area contributed by atoms with Gasteiger partial charge in [-0.05, 0) is 25.1 Å². The van der Waals surface area contributed by atoms with Gasteiger partial charge in [0.05, 0.1) is 4.90 Å². The first-order valence-electron chi connectivity index (χ1n) is 8.83. The predicted molar refractivity (Wildman–Crippen MR) is 106 cm³/mol. The number of benzene rings is 2. The van der Waals surface area contributed by atoms with Gasteiger partial charge in [-0.1, -0.05) is 30.3 Å². The predicted octanol–water partition coefficient (Wildman–Crippen LogP) is 2.02. The largest absolute Gasteiger partial charge is 0.456 e. The van der Waals surface area contributed by atoms with E-state index < -0.39 is 28.6 Å². The normalized spacial score (nSPS) is 16.9. The number of amidine groups is 1. The van der Waals surface area contributed by atoms with E-state index in [-0.39, 0.29) is 16.5 Å². The first-order chi connectivity index (χ1) is 13.9. The number of hydrogen-bond acceptors (Lipinski definition) is 6. The standard InChI is InChI=1S/C20H17N3O5S/c1-12(22-19-14-7-3-5-9-18(14)29(26,27)23-19)20(25)28-11-17(24)15-10-21-16-8-4-2-6-13(15)16/h2-10,12,21H,11H2,1H3,(H,22,23)/t12-/m0/s1. The second kappa shape index (κ2) is 7.17. The zero-order chi connectivity index (χ0) is 20.6. The van der Waals surface area contributed by atoms with Crippen molar-refractivity contribution in [1.29, 1.82) is 0 Å². The maximum absolute atomic E-state index is 12.4. The fraction of sp³-hybridized carbons (Fsp3) is 0.150. The summed E-state index contributed by atoms with van der Waals surface area (Å²) in [6, 6.07) is 12.7. The second-order valence-electron chi connectivity index (χ2n) is 6.53. The number of hydrogen-bond donors (Lipinski definition) is 2. The molecule has 0 saturated heterocycles. The van der Waals surface area contributed by atoms with E-state index in [1.165, 1.54) is 13.0 Å². The van der Waals surface area contributed by atoms with Crippen molar-refractivity contribution < 1.29 is 22.7 Å². The lowest BCUT2D eigenvalue weighted by atomic mass is 10.1. The average molecular weight is 411 g/mol.